The molecule has 0 aliphatic rings. The molecule has 18 heavy (non-hydrogen) atoms. The molecule has 0 aliphatic carbocycles. The van der Waals surface area contributed by atoms with Gasteiger partial charge in [0.2, 0.25) is 0 Å². The molecule has 0 unspecified atom stereocenters. The monoisotopic (exact) mass is 256 g/mol. The van der Waals surface area contributed by atoms with Crippen LogP contribution in [0.4, 0.5) is 13.2 Å². The third kappa shape index (κ3) is 2.38. The van der Waals surface area contributed by atoms with Gasteiger partial charge in [0.25, 0.3) is 0 Å². The summed E-state index contributed by atoms with van der Waals surface area (Å²) in [7, 11) is 1.67. The second kappa shape index (κ2) is 4.45. The fourth-order valence-corrected chi connectivity index (χ4v) is 1.62. The summed E-state index contributed by atoms with van der Waals surface area (Å²) in [6, 6.07) is 6.41. The maximum absolute atomic E-state index is 12.4. The van der Waals surface area contributed by atoms with Gasteiger partial charge in [-0.2, -0.15) is 18.3 Å². The van der Waals surface area contributed by atoms with Crippen LogP contribution in [0.3, 0.4) is 0 Å². The number of benzene rings is 1. The van der Waals surface area contributed by atoms with Crippen molar-refractivity contribution in [2.24, 2.45) is 7.05 Å². The molecule has 1 aromatic carbocycles. The van der Waals surface area contributed by atoms with Crippen LogP contribution in [0, 0.1) is 0 Å². The molecule has 3 nitrogen and oxygen atoms in total. The molecule has 96 valence electrons. The van der Waals surface area contributed by atoms with Crippen LogP contribution in [-0.2, 0) is 19.8 Å². The smallest absolute Gasteiger partial charge is 0.390 e. The van der Waals surface area contributed by atoms with Gasteiger partial charge in [0.15, 0.2) is 0 Å². The van der Waals surface area contributed by atoms with Gasteiger partial charge in [-0.25, -0.2) is 0 Å². The largest absolute Gasteiger partial charge is 0.416 e. The van der Waals surface area contributed by atoms with Crippen molar-refractivity contribution in [3.63, 3.8) is 0 Å². The van der Waals surface area contributed by atoms with Crippen molar-refractivity contribution in [1.82, 2.24) is 9.78 Å². The molecule has 0 saturated carbocycles. The Morgan fingerprint density at radius 3 is 2.28 bits per heavy atom. The van der Waals surface area contributed by atoms with Gasteiger partial charge in [0.1, 0.15) is 0 Å². The second-order valence-electron chi connectivity index (χ2n) is 3.88. The third-order valence-corrected chi connectivity index (χ3v) is 2.65. The quantitative estimate of drug-likeness (QED) is 0.896. The molecule has 0 aliphatic heterocycles. The van der Waals surface area contributed by atoms with Crippen molar-refractivity contribution in [1.29, 1.82) is 0 Å². The van der Waals surface area contributed by atoms with E-state index in [2.05, 4.69) is 5.10 Å². The predicted molar refractivity (Wildman–Crippen MR) is 59.6 cm³/mol. The molecule has 6 heteroatoms. The number of hydrogen-bond donors (Lipinski definition) is 1. The minimum Gasteiger partial charge on any atom is -0.390 e. The number of rotatable bonds is 2. The highest BCUT2D eigenvalue weighted by Gasteiger charge is 2.30. The van der Waals surface area contributed by atoms with Crippen molar-refractivity contribution in [2.75, 3.05) is 0 Å². The lowest BCUT2D eigenvalue weighted by atomic mass is 10.1. The Labute approximate surface area is 101 Å². The topological polar surface area (TPSA) is 38.0 Å². The maximum atomic E-state index is 12.4. The number of aryl methyl sites for hydroxylation is 1. The molecule has 0 bridgehead atoms. The first-order valence-electron chi connectivity index (χ1n) is 5.23. The highest BCUT2D eigenvalue weighted by Crippen LogP contribution is 2.30. The number of alkyl halides is 3. The maximum Gasteiger partial charge on any atom is 0.416 e. The van der Waals surface area contributed by atoms with Gasteiger partial charge in [-0.05, 0) is 18.2 Å². The zero-order valence-corrected chi connectivity index (χ0v) is 9.57. The first kappa shape index (κ1) is 12.6. The Morgan fingerprint density at radius 1 is 1.22 bits per heavy atom. The number of nitrogens with zero attached hydrogens (tertiary/aromatic N) is 2. The average molecular weight is 256 g/mol. The van der Waals surface area contributed by atoms with Crippen LogP contribution in [0.15, 0.2) is 30.3 Å². The van der Waals surface area contributed by atoms with E-state index in [1.165, 1.54) is 16.8 Å². The summed E-state index contributed by atoms with van der Waals surface area (Å²) in [5.74, 6) is 0. The molecule has 0 spiro atoms. The van der Waals surface area contributed by atoms with Crippen LogP contribution >= 0.6 is 0 Å². The van der Waals surface area contributed by atoms with E-state index in [1.807, 2.05) is 0 Å². The molecular formula is C12H11F3N2O. The first-order chi connectivity index (χ1) is 8.41. The Balaban J connectivity index is 2.34. The molecular weight excluding hydrogens is 245 g/mol. The zero-order chi connectivity index (χ0) is 13.3. The lowest BCUT2D eigenvalue weighted by molar-refractivity contribution is -0.137. The Morgan fingerprint density at radius 2 is 1.83 bits per heavy atom. The van der Waals surface area contributed by atoms with Crippen molar-refractivity contribution in [3.05, 3.63) is 41.6 Å². The fourth-order valence-electron chi connectivity index (χ4n) is 1.62. The number of halogens is 3. The van der Waals surface area contributed by atoms with E-state index in [4.69, 9.17) is 5.11 Å². The molecule has 0 radical (unpaired) electrons. The molecule has 0 atom stereocenters. The van der Waals surface area contributed by atoms with E-state index in [-0.39, 0.29) is 6.61 Å². The van der Waals surface area contributed by atoms with Gasteiger partial charge in [0, 0.05) is 12.6 Å². The minimum absolute atomic E-state index is 0.163. The Kier molecular flexibility index (Phi) is 3.13. The number of hydrogen-bond acceptors (Lipinski definition) is 2. The first-order valence-corrected chi connectivity index (χ1v) is 5.23. The minimum atomic E-state index is -4.33. The predicted octanol–water partition coefficient (Wildman–Crippen LogP) is 2.60. The van der Waals surface area contributed by atoms with Gasteiger partial charge in [0.05, 0.1) is 23.6 Å². The van der Waals surface area contributed by atoms with Gasteiger partial charge < -0.3 is 5.11 Å². The van der Waals surface area contributed by atoms with E-state index in [1.54, 1.807) is 13.1 Å². The summed E-state index contributed by atoms with van der Waals surface area (Å²) in [5, 5.41) is 13.1. The zero-order valence-electron chi connectivity index (χ0n) is 9.57. The highest BCUT2D eigenvalue weighted by molar-refractivity contribution is 5.59. The summed E-state index contributed by atoms with van der Waals surface area (Å²) in [4.78, 5) is 0. The molecule has 0 saturated heterocycles. The Hall–Kier alpha value is -1.82. The van der Waals surface area contributed by atoms with Crippen molar-refractivity contribution in [3.8, 4) is 11.3 Å². The standard InChI is InChI=1S/C12H11F3N2O/c1-17-10(7-18)6-11(16-17)8-2-4-9(5-3-8)12(13,14)15/h2-6,18H,7H2,1H3. The normalized spacial score (nSPS) is 11.8. The van der Waals surface area contributed by atoms with Gasteiger partial charge in [-0.1, -0.05) is 12.1 Å². The molecule has 1 N–H and O–H groups in total. The van der Waals surface area contributed by atoms with Crippen LogP contribution < -0.4 is 0 Å². The number of aliphatic hydroxyl groups is 1. The van der Waals surface area contributed by atoms with E-state index in [0.29, 0.717) is 17.0 Å². The van der Waals surface area contributed by atoms with Crippen molar-refractivity contribution < 1.29 is 18.3 Å². The molecule has 0 fully saturated rings. The van der Waals surface area contributed by atoms with Crippen LogP contribution in [-0.4, -0.2) is 14.9 Å². The molecule has 1 heterocycles. The van der Waals surface area contributed by atoms with Crippen molar-refractivity contribution in [2.45, 2.75) is 12.8 Å². The summed E-state index contributed by atoms with van der Waals surface area (Å²) < 4.78 is 38.7. The van der Waals surface area contributed by atoms with Crippen LogP contribution in [0.5, 0.6) is 0 Å². The summed E-state index contributed by atoms with van der Waals surface area (Å²) in [5.41, 5.74) is 1.03. The van der Waals surface area contributed by atoms with Gasteiger partial charge in [-0.15, -0.1) is 0 Å². The fraction of sp³-hybridized carbons (Fsp3) is 0.250. The lowest BCUT2D eigenvalue weighted by Gasteiger charge is -2.06. The van der Waals surface area contributed by atoms with Gasteiger partial charge in [-0.3, -0.25) is 4.68 Å². The van der Waals surface area contributed by atoms with E-state index in [9.17, 15) is 13.2 Å². The third-order valence-electron chi connectivity index (χ3n) is 2.65. The molecule has 1 aromatic heterocycles. The molecule has 0 amide bonds. The van der Waals surface area contributed by atoms with Gasteiger partial charge >= 0.3 is 6.18 Å². The summed E-state index contributed by atoms with van der Waals surface area (Å²) in [6.07, 6.45) is -4.33. The molecule has 2 aromatic rings. The van der Waals surface area contributed by atoms with Crippen molar-refractivity contribution >= 4 is 0 Å². The number of aliphatic hydroxyl groups excluding tert-OH is 1. The van der Waals surface area contributed by atoms with E-state index in [0.717, 1.165) is 12.1 Å². The second-order valence-corrected chi connectivity index (χ2v) is 3.88. The average Bonchev–Trinajstić information content (AvgIpc) is 2.69. The SMILES string of the molecule is Cn1nc(-c2ccc(C(F)(F)F)cc2)cc1CO. The summed E-state index contributed by atoms with van der Waals surface area (Å²) in [6.45, 7) is -0.163. The van der Waals surface area contributed by atoms with E-state index < -0.39 is 11.7 Å². The Bertz CT molecular complexity index is 543. The summed E-state index contributed by atoms with van der Waals surface area (Å²) >= 11 is 0. The lowest BCUT2D eigenvalue weighted by Crippen LogP contribution is -2.04. The molecule has 2 rings (SSSR count). The number of aromatic nitrogens is 2. The van der Waals surface area contributed by atoms with Crippen LogP contribution in [0.25, 0.3) is 11.3 Å². The van der Waals surface area contributed by atoms with E-state index >= 15 is 0 Å². The van der Waals surface area contributed by atoms with Crippen LogP contribution in [0.1, 0.15) is 11.3 Å². The van der Waals surface area contributed by atoms with Crippen LogP contribution in [0.2, 0.25) is 0 Å². The highest BCUT2D eigenvalue weighted by atomic mass is 19.4.